The van der Waals surface area contributed by atoms with Gasteiger partial charge in [0.1, 0.15) is 5.82 Å². The second-order valence-corrected chi connectivity index (χ2v) is 6.96. The molecule has 2 rings (SSSR count). The number of carbonyl (C=O) groups is 1. The van der Waals surface area contributed by atoms with E-state index in [1.54, 1.807) is 0 Å². The van der Waals surface area contributed by atoms with E-state index in [0.717, 1.165) is 24.8 Å². The van der Waals surface area contributed by atoms with Gasteiger partial charge in [-0.1, -0.05) is 6.92 Å². The molecule has 2 unspecified atom stereocenters. The maximum absolute atomic E-state index is 12.5. The maximum atomic E-state index is 12.5. The summed E-state index contributed by atoms with van der Waals surface area (Å²) in [5, 5.41) is 6.23. The van der Waals surface area contributed by atoms with E-state index in [1.807, 2.05) is 13.8 Å². The van der Waals surface area contributed by atoms with Crippen LogP contribution in [-0.4, -0.2) is 61.6 Å². The molecule has 2 N–H and O–H groups in total. The summed E-state index contributed by atoms with van der Waals surface area (Å²) in [6.45, 7) is 7.05. The highest BCUT2D eigenvalue weighted by molar-refractivity contribution is 5.82. The normalized spacial score (nSPS) is 19.9. The predicted molar refractivity (Wildman–Crippen MR) is 105 cm³/mol. The first-order valence-corrected chi connectivity index (χ1v) is 9.64. The van der Waals surface area contributed by atoms with Crippen molar-refractivity contribution in [2.24, 2.45) is 16.8 Å². The number of guanidine groups is 1. The van der Waals surface area contributed by atoms with E-state index < -0.39 is 11.7 Å². The van der Waals surface area contributed by atoms with Gasteiger partial charge in [0.05, 0.1) is 18.6 Å². The fourth-order valence-electron chi connectivity index (χ4n) is 3.17. The first kappa shape index (κ1) is 22.8. The van der Waals surface area contributed by atoms with Gasteiger partial charge in [-0.3, -0.25) is 9.79 Å². The number of methoxy groups -OCH3 is 1. The Morgan fingerprint density at radius 2 is 2.14 bits per heavy atom. The van der Waals surface area contributed by atoms with Gasteiger partial charge < -0.3 is 20.3 Å². The average Bonchev–Trinajstić information content (AvgIpc) is 3.07. The molecule has 1 aliphatic rings. The van der Waals surface area contributed by atoms with E-state index in [-0.39, 0.29) is 17.8 Å². The number of anilines is 1. The van der Waals surface area contributed by atoms with Crippen LogP contribution in [0, 0.1) is 11.8 Å². The first-order valence-electron chi connectivity index (χ1n) is 9.64. The van der Waals surface area contributed by atoms with Crippen LogP contribution < -0.4 is 10.6 Å². The Kier molecular flexibility index (Phi) is 8.10. The molecule has 0 aromatic carbocycles. The molecule has 1 saturated heterocycles. The van der Waals surface area contributed by atoms with Crippen molar-refractivity contribution in [2.75, 3.05) is 45.2 Å². The second kappa shape index (κ2) is 10.3. The number of likely N-dealkylation sites (tertiary alicyclic amines) is 1. The predicted octanol–water partition coefficient (Wildman–Crippen LogP) is 2.61. The molecule has 0 aliphatic carbocycles. The van der Waals surface area contributed by atoms with Crippen LogP contribution in [-0.2, 0) is 15.7 Å². The molecule has 2 heterocycles. The number of nitrogens with one attached hydrogen (secondary N) is 2. The van der Waals surface area contributed by atoms with Crippen molar-refractivity contribution in [1.82, 2.24) is 15.2 Å². The van der Waals surface area contributed by atoms with Crippen LogP contribution in [0.15, 0.2) is 23.3 Å². The van der Waals surface area contributed by atoms with Crippen molar-refractivity contribution < 1.29 is 22.7 Å². The van der Waals surface area contributed by atoms with Gasteiger partial charge in [-0.2, -0.15) is 13.2 Å². The number of pyridine rings is 1. The molecule has 2 atom stereocenters. The third kappa shape index (κ3) is 6.50. The third-order valence-electron chi connectivity index (χ3n) is 4.74. The maximum Gasteiger partial charge on any atom is 0.417 e. The molecule has 1 aliphatic heterocycles. The summed E-state index contributed by atoms with van der Waals surface area (Å²) < 4.78 is 42.5. The van der Waals surface area contributed by atoms with Crippen LogP contribution in [0.1, 0.15) is 25.8 Å². The van der Waals surface area contributed by atoms with Gasteiger partial charge in [-0.15, -0.1) is 0 Å². The van der Waals surface area contributed by atoms with Gasteiger partial charge in [0.15, 0.2) is 5.96 Å². The number of hydrogen-bond acceptors (Lipinski definition) is 5. The first-order chi connectivity index (χ1) is 13.8. The minimum absolute atomic E-state index is 0.170. The lowest BCUT2D eigenvalue weighted by Gasteiger charge is -2.21. The lowest BCUT2D eigenvalue weighted by atomic mass is 9.99. The van der Waals surface area contributed by atoms with Gasteiger partial charge in [-0.05, 0) is 31.4 Å². The Bertz CT molecular complexity index is 694. The zero-order chi connectivity index (χ0) is 21.4. The third-order valence-corrected chi connectivity index (χ3v) is 4.74. The summed E-state index contributed by atoms with van der Waals surface area (Å²) in [4.78, 5) is 22.3. The van der Waals surface area contributed by atoms with Crippen LogP contribution >= 0.6 is 0 Å². The lowest BCUT2D eigenvalue weighted by molar-refractivity contribution is -0.146. The fraction of sp³-hybridized carbons (Fsp3) is 0.632. The van der Waals surface area contributed by atoms with Crippen LogP contribution in [0.5, 0.6) is 0 Å². The SMILES string of the molecule is CCNC(=NCCCNc1ccc(C(F)(F)F)cn1)N1CC(C)C(C(=O)OC)C1. The van der Waals surface area contributed by atoms with Crippen LogP contribution in [0.25, 0.3) is 0 Å². The second-order valence-electron chi connectivity index (χ2n) is 6.96. The largest absolute Gasteiger partial charge is 0.469 e. The highest BCUT2D eigenvalue weighted by atomic mass is 19.4. The molecule has 10 heteroatoms. The lowest BCUT2D eigenvalue weighted by Crippen LogP contribution is -2.40. The number of rotatable bonds is 7. The van der Waals surface area contributed by atoms with Crippen molar-refractivity contribution in [3.05, 3.63) is 23.9 Å². The van der Waals surface area contributed by atoms with Crippen molar-refractivity contribution in [1.29, 1.82) is 0 Å². The number of carbonyl (C=O) groups excluding carboxylic acids is 1. The van der Waals surface area contributed by atoms with E-state index in [4.69, 9.17) is 4.74 Å². The average molecular weight is 415 g/mol. The van der Waals surface area contributed by atoms with E-state index in [2.05, 4.69) is 25.5 Å². The molecule has 0 radical (unpaired) electrons. The summed E-state index contributed by atoms with van der Waals surface area (Å²) in [5.74, 6) is 0.945. The van der Waals surface area contributed by atoms with Crippen molar-refractivity contribution in [3.8, 4) is 0 Å². The summed E-state index contributed by atoms with van der Waals surface area (Å²) in [7, 11) is 1.40. The molecule has 1 aromatic rings. The monoisotopic (exact) mass is 415 g/mol. The molecule has 1 fully saturated rings. The van der Waals surface area contributed by atoms with E-state index in [9.17, 15) is 18.0 Å². The molecule has 1 aromatic heterocycles. The molecule has 7 nitrogen and oxygen atoms in total. The molecule has 0 spiro atoms. The number of esters is 1. The zero-order valence-corrected chi connectivity index (χ0v) is 16.9. The Morgan fingerprint density at radius 1 is 1.38 bits per heavy atom. The number of halogens is 3. The zero-order valence-electron chi connectivity index (χ0n) is 16.9. The molecule has 0 amide bonds. The highest BCUT2D eigenvalue weighted by Crippen LogP contribution is 2.28. The number of nitrogens with zero attached hydrogens (tertiary/aromatic N) is 3. The number of aliphatic imine (C=N–C) groups is 1. The Balaban J connectivity index is 1.83. The van der Waals surface area contributed by atoms with Gasteiger partial charge in [0.2, 0.25) is 0 Å². The summed E-state index contributed by atoms with van der Waals surface area (Å²) in [6, 6.07) is 2.32. The molecule has 162 valence electrons. The topological polar surface area (TPSA) is 78.9 Å². The fourth-order valence-corrected chi connectivity index (χ4v) is 3.17. The molecule has 29 heavy (non-hydrogen) atoms. The Morgan fingerprint density at radius 3 is 2.72 bits per heavy atom. The van der Waals surface area contributed by atoms with Gasteiger partial charge >= 0.3 is 12.1 Å². The van der Waals surface area contributed by atoms with E-state index >= 15 is 0 Å². The number of aromatic nitrogens is 1. The van der Waals surface area contributed by atoms with Gasteiger partial charge in [0.25, 0.3) is 0 Å². The molecular formula is C19H28F3N5O2. The standard InChI is InChI=1S/C19H28F3N5O2/c1-4-23-18(27-11-13(2)15(12-27)17(28)29-3)25-9-5-8-24-16-7-6-14(10-26-16)19(20,21)22/h6-7,10,13,15H,4-5,8-9,11-12H2,1-3H3,(H,23,25)(H,24,26). The Hall–Kier alpha value is -2.52. The van der Waals surface area contributed by atoms with Crippen molar-refractivity contribution in [3.63, 3.8) is 0 Å². The Labute approximate surface area is 168 Å². The summed E-state index contributed by atoms with van der Waals surface area (Å²) >= 11 is 0. The summed E-state index contributed by atoms with van der Waals surface area (Å²) in [6.07, 6.45) is -2.89. The van der Waals surface area contributed by atoms with Crippen LogP contribution in [0.3, 0.4) is 0 Å². The van der Waals surface area contributed by atoms with Crippen molar-refractivity contribution >= 4 is 17.7 Å². The van der Waals surface area contributed by atoms with E-state index in [1.165, 1.54) is 13.2 Å². The van der Waals surface area contributed by atoms with Gasteiger partial charge in [-0.25, -0.2) is 4.98 Å². The number of hydrogen-bond donors (Lipinski definition) is 2. The van der Waals surface area contributed by atoms with Crippen LogP contribution in [0.2, 0.25) is 0 Å². The smallest absolute Gasteiger partial charge is 0.417 e. The van der Waals surface area contributed by atoms with Gasteiger partial charge in [0, 0.05) is 38.9 Å². The van der Waals surface area contributed by atoms with Crippen LogP contribution in [0.4, 0.5) is 19.0 Å². The molecular weight excluding hydrogens is 387 g/mol. The highest BCUT2D eigenvalue weighted by Gasteiger charge is 2.36. The van der Waals surface area contributed by atoms with E-state index in [0.29, 0.717) is 38.4 Å². The molecule has 0 bridgehead atoms. The quantitative estimate of drug-likeness (QED) is 0.309. The minimum atomic E-state index is -4.39. The van der Waals surface area contributed by atoms with Crippen molar-refractivity contribution in [2.45, 2.75) is 26.4 Å². The molecule has 0 saturated carbocycles. The number of ether oxygens (including phenoxy) is 1. The summed E-state index contributed by atoms with van der Waals surface area (Å²) in [5.41, 5.74) is -0.770. The number of alkyl halides is 3. The minimum Gasteiger partial charge on any atom is -0.469 e.